The summed E-state index contributed by atoms with van der Waals surface area (Å²) in [6.07, 6.45) is 1.27. The molecule has 3 aromatic rings. The second kappa shape index (κ2) is 8.89. The van der Waals surface area contributed by atoms with Crippen LogP contribution >= 0.6 is 15.9 Å². The molecule has 0 radical (unpaired) electrons. The number of aliphatic hydroxyl groups is 1. The lowest BCUT2D eigenvalue weighted by Gasteiger charge is -2.27. The van der Waals surface area contributed by atoms with E-state index in [4.69, 9.17) is 4.74 Å². The summed E-state index contributed by atoms with van der Waals surface area (Å²) in [5.41, 5.74) is 1.58. The van der Waals surface area contributed by atoms with Crippen molar-refractivity contribution in [2.24, 2.45) is 5.10 Å². The van der Waals surface area contributed by atoms with Gasteiger partial charge < -0.3 is 14.9 Å². The fourth-order valence-electron chi connectivity index (χ4n) is 2.84. The van der Waals surface area contributed by atoms with Gasteiger partial charge >= 0.3 is 0 Å². The van der Waals surface area contributed by atoms with Crippen molar-refractivity contribution in [3.63, 3.8) is 0 Å². The van der Waals surface area contributed by atoms with E-state index >= 15 is 0 Å². The van der Waals surface area contributed by atoms with Crippen molar-refractivity contribution in [2.45, 2.75) is 5.60 Å². The number of aromatic hydroxyl groups is 1. The van der Waals surface area contributed by atoms with E-state index in [-0.39, 0.29) is 5.75 Å². The minimum atomic E-state index is -1.93. The highest BCUT2D eigenvalue weighted by atomic mass is 79.9. The van der Waals surface area contributed by atoms with Crippen LogP contribution in [0, 0.1) is 0 Å². The van der Waals surface area contributed by atoms with Crippen LogP contribution in [0.15, 0.2) is 82.4 Å². The average molecular weight is 455 g/mol. The molecule has 148 valence electrons. The van der Waals surface area contributed by atoms with Gasteiger partial charge in [-0.3, -0.25) is 4.79 Å². The number of benzene rings is 3. The highest BCUT2D eigenvalue weighted by Gasteiger charge is 2.39. The van der Waals surface area contributed by atoms with Crippen molar-refractivity contribution < 1.29 is 19.7 Å². The molecule has 0 fully saturated rings. The van der Waals surface area contributed by atoms with Crippen LogP contribution in [0.25, 0.3) is 0 Å². The lowest BCUT2D eigenvalue weighted by Crippen LogP contribution is -2.43. The molecule has 3 N–H and O–H groups in total. The van der Waals surface area contributed by atoms with Crippen molar-refractivity contribution in [1.82, 2.24) is 5.43 Å². The van der Waals surface area contributed by atoms with Crippen molar-refractivity contribution in [3.05, 3.63) is 94.0 Å². The van der Waals surface area contributed by atoms with Gasteiger partial charge in [0.2, 0.25) is 0 Å². The van der Waals surface area contributed by atoms with Crippen LogP contribution in [0.1, 0.15) is 16.7 Å². The van der Waals surface area contributed by atoms with E-state index < -0.39 is 11.5 Å². The molecule has 0 heterocycles. The third-order valence-electron chi connectivity index (χ3n) is 4.38. The third-order valence-corrected chi connectivity index (χ3v) is 4.99. The lowest BCUT2D eigenvalue weighted by atomic mass is 9.85. The Bertz CT molecular complexity index is 984. The van der Waals surface area contributed by atoms with E-state index in [2.05, 4.69) is 26.5 Å². The molecule has 0 spiro atoms. The van der Waals surface area contributed by atoms with Crippen LogP contribution < -0.4 is 10.2 Å². The molecule has 0 bridgehead atoms. The number of nitrogens with zero attached hydrogens (tertiary/aromatic N) is 1. The summed E-state index contributed by atoms with van der Waals surface area (Å²) in [6, 6.07) is 20.4. The van der Waals surface area contributed by atoms with Crippen molar-refractivity contribution in [1.29, 1.82) is 0 Å². The van der Waals surface area contributed by atoms with Crippen LogP contribution in [0.3, 0.4) is 0 Å². The van der Waals surface area contributed by atoms with E-state index in [1.165, 1.54) is 13.3 Å². The molecule has 0 atom stereocenters. The van der Waals surface area contributed by atoms with Crippen molar-refractivity contribution >= 4 is 28.1 Å². The first-order chi connectivity index (χ1) is 14.0. The smallest absolute Gasteiger partial charge is 0.281 e. The fourth-order valence-corrected chi connectivity index (χ4v) is 3.29. The molecular weight excluding hydrogens is 436 g/mol. The van der Waals surface area contributed by atoms with Gasteiger partial charge in [0.1, 0.15) is 11.5 Å². The molecular formula is C22H19BrN2O4. The normalized spacial score (nSPS) is 11.4. The topological polar surface area (TPSA) is 91.2 Å². The molecule has 0 saturated heterocycles. The van der Waals surface area contributed by atoms with Crippen LogP contribution in [0.2, 0.25) is 0 Å². The number of halogens is 1. The number of phenolic OH excluding ortho intramolecular Hbond substituents is 1. The molecule has 0 aliphatic heterocycles. The van der Waals surface area contributed by atoms with Gasteiger partial charge in [0.15, 0.2) is 5.60 Å². The molecule has 3 aromatic carbocycles. The van der Waals surface area contributed by atoms with Gasteiger partial charge in [-0.15, -0.1) is 0 Å². The molecule has 3 rings (SSSR count). The molecule has 0 aromatic heterocycles. The Morgan fingerprint density at radius 1 is 1.07 bits per heavy atom. The fraction of sp³-hybridized carbons (Fsp3) is 0.0909. The van der Waals surface area contributed by atoms with Gasteiger partial charge in [-0.05, 0) is 39.2 Å². The number of hydrogen-bond acceptors (Lipinski definition) is 5. The van der Waals surface area contributed by atoms with Crippen LogP contribution in [0.4, 0.5) is 0 Å². The maximum absolute atomic E-state index is 13.0. The Balaban J connectivity index is 1.91. The van der Waals surface area contributed by atoms with Gasteiger partial charge in [0.05, 0.1) is 17.8 Å². The zero-order valence-electron chi connectivity index (χ0n) is 15.5. The lowest BCUT2D eigenvalue weighted by molar-refractivity contribution is -0.136. The molecule has 0 aliphatic carbocycles. The number of amides is 1. The summed E-state index contributed by atoms with van der Waals surface area (Å²) in [5, 5.41) is 25.4. The minimum absolute atomic E-state index is 0.0508. The first kappa shape index (κ1) is 20.6. The predicted molar refractivity (Wildman–Crippen MR) is 114 cm³/mol. The number of carbonyl (C=O) groups excluding carboxylic acids is 1. The molecule has 0 saturated carbocycles. The first-order valence-electron chi connectivity index (χ1n) is 8.70. The van der Waals surface area contributed by atoms with Crippen molar-refractivity contribution in [2.75, 3.05) is 7.11 Å². The van der Waals surface area contributed by atoms with Crippen molar-refractivity contribution in [3.8, 4) is 11.5 Å². The Kier molecular flexibility index (Phi) is 6.31. The summed E-state index contributed by atoms with van der Waals surface area (Å²) in [4.78, 5) is 13.0. The molecule has 1 amide bonds. The SMILES string of the molecule is COc1cc(Br)c(O)c(C=NNC(=O)C(O)(c2ccccc2)c2ccccc2)c1. The van der Waals surface area contributed by atoms with E-state index in [0.29, 0.717) is 26.9 Å². The quantitative estimate of drug-likeness (QED) is 0.392. The number of ether oxygens (including phenoxy) is 1. The van der Waals surface area contributed by atoms with E-state index in [1.54, 1.807) is 72.8 Å². The maximum atomic E-state index is 13.0. The minimum Gasteiger partial charge on any atom is -0.506 e. The Hall–Kier alpha value is -3.16. The molecule has 29 heavy (non-hydrogen) atoms. The van der Waals surface area contributed by atoms with Gasteiger partial charge in [-0.2, -0.15) is 5.10 Å². The van der Waals surface area contributed by atoms with Crippen LogP contribution in [0.5, 0.6) is 11.5 Å². The average Bonchev–Trinajstić information content (AvgIpc) is 2.77. The molecule has 0 unspecified atom stereocenters. The summed E-state index contributed by atoms with van der Waals surface area (Å²) < 4.78 is 5.58. The van der Waals surface area contributed by atoms with Gasteiger partial charge in [-0.25, -0.2) is 5.43 Å². The number of methoxy groups -OCH3 is 1. The van der Waals surface area contributed by atoms with Crippen LogP contribution in [-0.4, -0.2) is 29.4 Å². The largest absolute Gasteiger partial charge is 0.506 e. The predicted octanol–water partition coefficient (Wildman–Crippen LogP) is 3.55. The number of carbonyl (C=O) groups is 1. The van der Waals surface area contributed by atoms with E-state index in [9.17, 15) is 15.0 Å². The van der Waals surface area contributed by atoms with E-state index in [0.717, 1.165) is 0 Å². The number of rotatable bonds is 6. The first-order valence-corrected chi connectivity index (χ1v) is 9.49. The van der Waals surface area contributed by atoms with Gasteiger partial charge in [-0.1, -0.05) is 60.7 Å². The highest BCUT2D eigenvalue weighted by molar-refractivity contribution is 9.10. The Labute approximate surface area is 176 Å². The van der Waals surface area contributed by atoms with Gasteiger partial charge in [0, 0.05) is 5.56 Å². The summed E-state index contributed by atoms with van der Waals surface area (Å²) in [6.45, 7) is 0. The molecule has 7 heteroatoms. The molecule has 0 aliphatic rings. The Morgan fingerprint density at radius 2 is 1.62 bits per heavy atom. The monoisotopic (exact) mass is 454 g/mol. The maximum Gasteiger partial charge on any atom is 0.281 e. The summed E-state index contributed by atoms with van der Waals surface area (Å²) >= 11 is 3.23. The van der Waals surface area contributed by atoms with E-state index in [1.807, 2.05) is 0 Å². The number of hydrazone groups is 1. The summed E-state index contributed by atoms with van der Waals surface area (Å²) in [5.74, 6) is -0.273. The third kappa shape index (κ3) is 4.31. The molecule has 6 nitrogen and oxygen atoms in total. The number of nitrogens with one attached hydrogen (secondary N) is 1. The number of hydrogen-bond donors (Lipinski definition) is 3. The second-order valence-corrected chi connectivity index (χ2v) is 7.04. The highest BCUT2D eigenvalue weighted by Crippen LogP contribution is 2.32. The van der Waals surface area contributed by atoms with Gasteiger partial charge in [0.25, 0.3) is 5.91 Å². The van der Waals surface area contributed by atoms with Crippen LogP contribution in [-0.2, 0) is 10.4 Å². The zero-order chi connectivity index (χ0) is 20.9. The number of phenols is 1. The zero-order valence-corrected chi connectivity index (χ0v) is 17.1. The second-order valence-electron chi connectivity index (χ2n) is 6.19. The standard InChI is InChI=1S/C22H19BrN2O4/c1-29-18-12-15(20(26)19(23)13-18)14-24-25-21(27)22(28,16-8-4-2-5-9-16)17-10-6-3-7-11-17/h2-14,26,28H,1H3,(H,25,27). The Morgan fingerprint density at radius 3 is 2.14 bits per heavy atom. The summed E-state index contributed by atoms with van der Waals surface area (Å²) in [7, 11) is 1.50.